The van der Waals surface area contributed by atoms with Gasteiger partial charge in [0, 0.05) is 5.69 Å². The van der Waals surface area contributed by atoms with Gasteiger partial charge in [0.05, 0.1) is 6.54 Å². The van der Waals surface area contributed by atoms with Gasteiger partial charge in [-0.1, -0.05) is 30.3 Å². The molecule has 0 aliphatic rings. The molecule has 0 atom stereocenters. The second-order valence-corrected chi connectivity index (χ2v) is 5.91. The van der Waals surface area contributed by atoms with Gasteiger partial charge < -0.3 is 20.7 Å². The molecule has 8 nitrogen and oxygen atoms in total. The monoisotopic (exact) mass is 370 g/mol. The van der Waals surface area contributed by atoms with Crippen LogP contribution in [0.4, 0.5) is 10.6 Å². The average molecular weight is 370 g/mol. The number of alkyl carbamates (subject to hydrolysis) is 1. The Balaban J connectivity index is 1.65. The van der Waals surface area contributed by atoms with E-state index in [0.29, 0.717) is 5.82 Å². The number of rotatable bonds is 7. The minimum Gasteiger partial charge on any atom is -0.445 e. The minimum absolute atomic E-state index is 0.111. The molecule has 3 N–H and O–H groups in total. The van der Waals surface area contributed by atoms with Gasteiger partial charge in [0.1, 0.15) is 19.0 Å². The number of aromatic nitrogens is 1. The molecule has 0 saturated carbocycles. The number of nitrogens with zero attached hydrogens (tertiary/aromatic N) is 1. The van der Waals surface area contributed by atoms with E-state index in [2.05, 4.69) is 20.9 Å². The number of ether oxygens (including phenoxy) is 1. The molecule has 0 radical (unpaired) electrons. The number of benzene rings is 1. The molecule has 1 aromatic carbocycles. The summed E-state index contributed by atoms with van der Waals surface area (Å²) < 4.78 is 4.99. The zero-order valence-corrected chi connectivity index (χ0v) is 15.2. The maximum Gasteiger partial charge on any atom is 0.407 e. The van der Waals surface area contributed by atoms with Crippen LogP contribution in [0.3, 0.4) is 0 Å². The molecule has 1 heterocycles. The molecular formula is C19H22N4O4. The van der Waals surface area contributed by atoms with E-state index in [-0.39, 0.29) is 19.7 Å². The lowest BCUT2D eigenvalue weighted by Crippen LogP contribution is -2.40. The predicted molar refractivity (Wildman–Crippen MR) is 100.0 cm³/mol. The van der Waals surface area contributed by atoms with Gasteiger partial charge in [0.25, 0.3) is 0 Å². The lowest BCUT2D eigenvalue weighted by molar-refractivity contribution is -0.123. The van der Waals surface area contributed by atoms with E-state index in [1.165, 1.54) is 0 Å². The summed E-state index contributed by atoms with van der Waals surface area (Å²) in [7, 11) is 0. The number of carbonyl (C=O) groups excluding carboxylic acids is 3. The van der Waals surface area contributed by atoms with E-state index in [1.54, 1.807) is 6.07 Å². The van der Waals surface area contributed by atoms with Crippen LogP contribution in [0.5, 0.6) is 0 Å². The van der Waals surface area contributed by atoms with Gasteiger partial charge in [-0.15, -0.1) is 0 Å². The fraction of sp³-hybridized carbons (Fsp3) is 0.263. The van der Waals surface area contributed by atoms with Crippen molar-refractivity contribution in [2.45, 2.75) is 20.5 Å². The Bertz CT molecular complexity index is 788. The van der Waals surface area contributed by atoms with Crippen LogP contribution in [0.2, 0.25) is 0 Å². The summed E-state index contributed by atoms with van der Waals surface area (Å²) in [6, 6.07) is 12.8. The van der Waals surface area contributed by atoms with E-state index in [4.69, 9.17) is 4.74 Å². The molecule has 2 aromatic rings. The largest absolute Gasteiger partial charge is 0.445 e. The number of amides is 3. The third-order valence-electron chi connectivity index (χ3n) is 3.42. The Morgan fingerprint density at radius 2 is 1.67 bits per heavy atom. The van der Waals surface area contributed by atoms with E-state index < -0.39 is 17.9 Å². The molecule has 0 aliphatic carbocycles. The van der Waals surface area contributed by atoms with Crippen LogP contribution < -0.4 is 16.0 Å². The standard InChI is InChI=1S/C19H22N4O4/c1-13-8-14(2)22-16(9-13)23-18(25)11-20-17(24)10-21-19(26)27-12-15-6-4-3-5-7-15/h3-9H,10-12H2,1-2H3,(H,20,24)(H,21,26)(H,22,23,25). The smallest absolute Gasteiger partial charge is 0.407 e. The molecule has 0 fully saturated rings. The molecule has 1 aromatic heterocycles. The number of anilines is 1. The van der Waals surface area contributed by atoms with E-state index in [9.17, 15) is 14.4 Å². The summed E-state index contributed by atoms with van der Waals surface area (Å²) in [4.78, 5) is 39.3. The van der Waals surface area contributed by atoms with Crippen molar-refractivity contribution in [3.63, 3.8) is 0 Å². The maximum absolute atomic E-state index is 11.9. The van der Waals surface area contributed by atoms with Crippen molar-refractivity contribution >= 4 is 23.7 Å². The van der Waals surface area contributed by atoms with Gasteiger partial charge in [-0.2, -0.15) is 0 Å². The maximum atomic E-state index is 11.9. The van der Waals surface area contributed by atoms with Crippen molar-refractivity contribution in [2.75, 3.05) is 18.4 Å². The summed E-state index contributed by atoms with van der Waals surface area (Å²) >= 11 is 0. The topological polar surface area (TPSA) is 109 Å². The number of pyridine rings is 1. The summed E-state index contributed by atoms with van der Waals surface area (Å²) in [5.74, 6) is -0.489. The van der Waals surface area contributed by atoms with Gasteiger partial charge in [-0.3, -0.25) is 9.59 Å². The highest BCUT2D eigenvalue weighted by Crippen LogP contribution is 2.08. The van der Waals surface area contributed by atoms with Crippen LogP contribution in [-0.2, 0) is 20.9 Å². The van der Waals surface area contributed by atoms with Crippen LogP contribution in [-0.4, -0.2) is 36.0 Å². The molecule has 2 rings (SSSR count). The van der Waals surface area contributed by atoms with Crippen LogP contribution in [0.1, 0.15) is 16.8 Å². The Kier molecular flexibility index (Phi) is 7.30. The number of hydrogen-bond acceptors (Lipinski definition) is 5. The normalized spacial score (nSPS) is 10.0. The fourth-order valence-corrected chi connectivity index (χ4v) is 2.26. The van der Waals surface area contributed by atoms with Crippen LogP contribution in [0, 0.1) is 13.8 Å². The first-order valence-electron chi connectivity index (χ1n) is 8.39. The van der Waals surface area contributed by atoms with Gasteiger partial charge >= 0.3 is 6.09 Å². The second kappa shape index (κ2) is 9.91. The lowest BCUT2D eigenvalue weighted by Gasteiger charge is -2.09. The number of aryl methyl sites for hydroxylation is 2. The van der Waals surface area contributed by atoms with Gasteiger partial charge in [0.2, 0.25) is 11.8 Å². The lowest BCUT2D eigenvalue weighted by atomic mass is 10.2. The number of nitrogens with one attached hydrogen (secondary N) is 3. The second-order valence-electron chi connectivity index (χ2n) is 5.91. The van der Waals surface area contributed by atoms with E-state index in [0.717, 1.165) is 16.8 Å². The number of hydrogen-bond donors (Lipinski definition) is 3. The Morgan fingerprint density at radius 1 is 0.963 bits per heavy atom. The molecule has 0 spiro atoms. The zero-order valence-electron chi connectivity index (χ0n) is 15.2. The highest BCUT2D eigenvalue weighted by Gasteiger charge is 2.09. The predicted octanol–water partition coefficient (Wildman–Crippen LogP) is 1.68. The molecule has 0 bridgehead atoms. The van der Waals surface area contributed by atoms with Crippen molar-refractivity contribution in [2.24, 2.45) is 0 Å². The third-order valence-corrected chi connectivity index (χ3v) is 3.42. The molecule has 142 valence electrons. The van der Waals surface area contributed by atoms with E-state index >= 15 is 0 Å². The zero-order chi connectivity index (χ0) is 19.6. The first-order valence-corrected chi connectivity index (χ1v) is 8.39. The molecule has 3 amide bonds. The SMILES string of the molecule is Cc1cc(C)nc(NC(=O)CNC(=O)CNC(=O)OCc2ccccc2)c1. The summed E-state index contributed by atoms with van der Waals surface area (Å²) in [5.41, 5.74) is 2.60. The number of carbonyl (C=O) groups is 3. The van der Waals surface area contributed by atoms with Gasteiger partial charge in [-0.25, -0.2) is 9.78 Å². The van der Waals surface area contributed by atoms with Crippen LogP contribution in [0.15, 0.2) is 42.5 Å². The highest BCUT2D eigenvalue weighted by molar-refractivity contribution is 5.94. The highest BCUT2D eigenvalue weighted by atomic mass is 16.5. The van der Waals surface area contributed by atoms with Crippen LogP contribution >= 0.6 is 0 Å². The Morgan fingerprint density at radius 3 is 2.37 bits per heavy atom. The van der Waals surface area contributed by atoms with Crippen molar-refractivity contribution in [3.8, 4) is 0 Å². The van der Waals surface area contributed by atoms with E-state index in [1.807, 2.05) is 50.2 Å². The van der Waals surface area contributed by atoms with Gasteiger partial charge in [-0.05, 0) is 37.1 Å². The summed E-state index contributed by atoms with van der Waals surface area (Å²) in [6.07, 6.45) is -0.710. The quantitative estimate of drug-likeness (QED) is 0.687. The Hall–Kier alpha value is -3.42. The van der Waals surface area contributed by atoms with Crippen LogP contribution in [0.25, 0.3) is 0 Å². The average Bonchev–Trinajstić information content (AvgIpc) is 2.63. The molecular weight excluding hydrogens is 348 g/mol. The third kappa shape index (κ3) is 7.55. The van der Waals surface area contributed by atoms with Crippen molar-refractivity contribution in [1.29, 1.82) is 0 Å². The van der Waals surface area contributed by atoms with Crippen molar-refractivity contribution < 1.29 is 19.1 Å². The molecule has 0 saturated heterocycles. The minimum atomic E-state index is -0.710. The Labute approximate surface area is 157 Å². The first kappa shape index (κ1) is 19.9. The molecule has 8 heteroatoms. The van der Waals surface area contributed by atoms with Gasteiger partial charge in [0.15, 0.2) is 0 Å². The molecule has 0 unspecified atom stereocenters. The first-order chi connectivity index (χ1) is 12.9. The fourth-order valence-electron chi connectivity index (χ4n) is 2.26. The molecule has 0 aliphatic heterocycles. The molecule has 27 heavy (non-hydrogen) atoms. The summed E-state index contributed by atoms with van der Waals surface area (Å²) in [5, 5.41) is 7.34. The summed E-state index contributed by atoms with van der Waals surface area (Å²) in [6.45, 7) is 3.32. The van der Waals surface area contributed by atoms with Crippen molar-refractivity contribution in [3.05, 3.63) is 59.3 Å². The van der Waals surface area contributed by atoms with Crippen molar-refractivity contribution in [1.82, 2.24) is 15.6 Å².